The maximum Gasteiger partial charge on any atom is 0.265 e. The molecule has 0 saturated carbocycles. The highest BCUT2D eigenvalue weighted by Gasteiger charge is 2.18. The van der Waals surface area contributed by atoms with E-state index in [0.29, 0.717) is 17.0 Å². The molecule has 0 fully saturated rings. The van der Waals surface area contributed by atoms with E-state index in [1.54, 1.807) is 31.2 Å². The number of carbonyl (C=O) groups excluding carboxylic acids is 1. The summed E-state index contributed by atoms with van der Waals surface area (Å²) in [6, 6.07) is 14.3. The Morgan fingerprint density at radius 3 is 2.19 bits per heavy atom. The lowest BCUT2D eigenvalue weighted by atomic mass is 10.2. The molecule has 2 aromatic rings. The predicted octanol–water partition coefficient (Wildman–Crippen LogP) is 2.21. The summed E-state index contributed by atoms with van der Waals surface area (Å²) in [5.41, 5.74) is 0.963. The molecule has 0 aromatic heterocycles. The molecule has 2 rings (SSSR count). The number of benzene rings is 2. The zero-order valence-corrected chi connectivity index (χ0v) is 15.4. The van der Waals surface area contributed by atoms with Crippen LogP contribution in [-0.2, 0) is 14.8 Å². The van der Waals surface area contributed by atoms with E-state index in [1.807, 2.05) is 6.07 Å². The molecule has 0 aliphatic heterocycles. The van der Waals surface area contributed by atoms with E-state index in [1.165, 1.54) is 38.4 Å². The van der Waals surface area contributed by atoms with Crippen LogP contribution < -0.4 is 10.1 Å². The summed E-state index contributed by atoms with van der Waals surface area (Å²) in [4.78, 5) is 12.4. The summed E-state index contributed by atoms with van der Waals surface area (Å²) in [6.45, 7) is 1.60. The molecular weight excluding hydrogens is 354 g/mol. The van der Waals surface area contributed by atoms with E-state index >= 15 is 0 Å². The number of nitrogens with one attached hydrogen (secondary N) is 1. The number of rotatable bonds is 6. The molecule has 0 aliphatic rings. The zero-order valence-electron chi connectivity index (χ0n) is 14.6. The third-order valence-electron chi connectivity index (χ3n) is 3.57. The van der Waals surface area contributed by atoms with Gasteiger partial charge in [0.25, 0.3) is 5.91 Å². The van der Waals surface area contributed by atoms with Crippen LogP contribution in [0.5, 0.6) is 5.75 Å². The summed E-state index contributed by atoms with van der Waals surface area (Å²) in [5.74, 6) is 0.0941. The Kier molecular flexibility index (Phi) is 5.97. The van der Waals surface area contributed by atoms with Gasteiger partial charge in [-0.15, -0.1) is 0 Å². The van der Waals surface area contributed by atoms with Crippen molar-refractivity contribution in [1.29, 1.82) is 5.26 Å². The van der Waals surface area contributed by atoms with Gasteiger partial charge in [-0.1, -0.05) is 0 Å². The molecule has 8 heteroatoms. The normalized spacial score (nSPS) is 12.3. The molecule has 136 valence electrons. The lowest BCUT2D eigenvalue weighted by molar-refractivity contribution is -0.122. The van der Waals surface area contributed by atoms with Crippen molar-refractivity contribution in [3.05, 3.63) is 54.1 Å². The molecule has 1 amide bonds. The van der Waals surface area contributed by atoms with Gasteiger partial charge in [0.15, 0.2) is 6.10 Å². The molecular formula is C18H19N3O4S. The minimum Gasteiger partial charge on any atom is -0.481 e. The summed E-state index contributed by atoms with van der Waals surface area (Å²) in [7, 11) is -0.609. The van der Waals surface area contributed by atoms with Crippen LogP contribution >= 0.6 is 0 Å². The molecule has 26 heavy (non-hydrogen) atoms. The van der Waals surface area contributed by atoms with Crippen LogP contribution in [0.4, 0.5) is 5.69 Å². The molecule has 0 bridgehead atoms. The van der Waals surface area contributed by atoms with Gasteiger partial charge in [-0.25, -0.2) is 12.7 Å². The Bertz CT molecular complexity index is 914. The van der Waals surface area contributed by atoms with Gasteiger partial charge in [-0.3, -0.25) is 4.79 Å². The first-order chi connectivity index (χ1) is 12.2. The van der Waals surface area contributed by atoms with E-state index in [-0.39, 0.29) is 10.8 Å². The van der Waals surface area contributed by atoms with Crippen LogP contribution in [0.15, 0.2) is 53.4 Å². The number of nitriles is 1. The van der Waals surface area contributed by atoms with Crippen molar-refractivity contribution >= 4 is 21.6 Å². The van der Waals surface area contributed by atoms with Crippen LogP contribution in [0, 0.1) is 11.3 Å². The minimum absolute atomic E-state index is 0.141. The number of amides is 1. The van der Waals surface area contributed by atoms with Gasteiger partial charge in [0.05, 0.1) is 16.5 Å². The highest BCUT2D eigenvalue weighted by atomic mass is 32.2. The highest BCUT2D eigenvalue weighted by Crippen LogP contribution is 2.18. The molecule has 0 aliphatic carbocycles. The van der Waals surface area contributed by atoms with E-state index in [0.717, 1.165) is 4.31 Å². The molecule has 0 radical (unpaired) electrons. The summed E-state index contributed by atoms with van der Waals surface area (Å²) < 4.78 is 30.7. The second-order valence-corrected chi connectivity index (χ2v) is 7.85. The Labute approximate surface area is 152 Å². The predicted molar refractivity (Wildman–Crippen MR) is 97.2 cm³/mol. The molecule has 1 N–H and O–H groups in total. The van der Waals surface area contributed by atoms with E-state index in [9.17, 15) is 13.2 Å². The third kappa shape index (κ3) is 4.59. The fourth-order valence-corrected chi connectivity index (χ4v) is 2.93. The smallest absolute Gasteiger partial charge is 0.265 e. The van der Waals surface area contributed by atoms with Crippen LogP contribution in [0.1, 0.15) is 12.5 Å². The fraction of sp³-hybridized carbons (Fsp3) is 0.222. The fourth-order valence-electron chi connectivity index (χ4n) is 2.03. The SMILES string of the molecule is C[C@H](Oc1ccc(C#N)cc1)C(=O)Nc1ccc(S(=O)(=O)N(C)C)cc1. The molecule has 2 aromatic carbocycles. The second kappa shape index (κ2) is 7.99. The van der Waals surface area contributed by atoms with Crippen LogP contribution in [0.3, 0.4) is 0 Å². The van der Waals surface area contributed by atoms with Crippen molar-refractivity contribution in [2.24, 2.45) is 0 Å². The van der Waals surface area contributed by atoms with Gasteiger partial charge in [-0.05, 0) is 55.5 Å². The van der Waals surface area contributed by atoms with Crippen molar-refractivity contribution in [2.75, 3.05) is 19.4 Å². The van der Waals surface area contributed by atoms with Gasteiger partial charge >= 0.3 is 0 Å². The van der Waals surface area contributed by atoms with Crippen LogP contribution in [-0.4, -0.2) is 38.8 Å². The molecule has 0 heterocycles. The van der Waals surface area contributed by atoms with Gasteiger partial charge in [-0.2, -0.15) is 5.26 Å². The Morgan fingerprint density at radius 1 is 1.12 bits per heavy atom. The summed E-state index contributed by atoms with van der Waals surface area (Å²) in [6.07, 6.45) is -0.770. The van der Waals surface area contributed by atoms with Crippen molar-refractivity contribution < 1.29 is 17.9 Å². The standard InChI is InChI=1S/C18H19N3O4S/c1-13(25-16-8-4-14(12-19)5-9-16)18(22)20-15-6-10-17(11-7-15)26(23,24)21(2)3/h4-11,13H,1-3H3,(H,20,22)/t13-/m0/s1. The summed E-state index contributed by atoms with van der Waals surface area (Å²) in [5, 5.41) is 11.4. The highest BCUT2D eigenvalue weighted by molar-refractivity contribution is 7.89. The topological polar surface area (TPSA) is 99.5 Å². The largest absolute Gasteiger partial charge is 0.481 e. The first kappa shape index (κ1) is 19.4. The molecule has 0 spiro atoms. The first-order valence-corrected chi connectivity index (χ1v) is 9.18. The van der Waals surface area contributed by atoms with Crippen LogP contribution in [0.25, 0.3) is 0 Å². The van der Waals surface area contributed by atoms with Gasteiger partial charge in [0.2, 0.25) is 10.0 Å². The lowest BCUT2D eigenvalue weighted by Crippen LogP contribution is -2.30. The van der Waals surface area contributed by atoms with Gasteiger partial charge < -0.3 is 10.1 Å². The van der Waals surface area contributed by atoms with E-state index in [2.05, 4.69) is 5.32 Å². The number of nitrogens with zero attached hydrogens (tertiary/aromatic N) is 2. The van der Waals surface area contributed by atoms with Crippen molar-refractivity contribution in [2.45, 2.75) is 17.9 Å². The maximum absolute atomic E-state index is 12.2. The number of hydrogen-bond acceptors (Lipinski definition) is 5. The Balaban J connectivity index is 2.01. The third-order valence-corrected chi connectivity index (χ3v) is 5.40. The number of ether oxygens (including phenoxy) is 1. The van der Waals surface area contributed by atoms with Gasteiger partial charge in [0, 0.05) is 19.8 Å². The average Bonchev–Trinajstić information content (AvgIpc) is 2.62. The number of hydrogen-bond donors (Lipinski definition) is 1. The van der Waals surface area contributed by atoms with Gasteiger partial charge in [0.1, 0.15) is 5.75 Å². The number of anilines is 1. The minimum atomic E-state index is -3.51. The molecule has 0 saturated heterocycles. The number of sulfonamides is 1. The van der Waals surface area contributed by atoms with Crippen molar-refractivity contribution in [1.82, 2.24) is 4.31 Å². The quantitative estimate of drug-likeness (QED) is 0.837. The second-order valence-electron chi connectivity index (χ2n) is 5.70. The lowest BCUT2D eigenvalue weighted by Gasteiger charge is -2.15. The monoisotopic (exact) mass is 373 g/mol. The molecule has 1 atom stereocenters. The van der Waals surface area contributed by atoms with E-state index in [4.69, 9.17) is 10.00 Å². The maximum atomic E-state index is 12.2. The average molecular weight is 373 g/mol. The van der Waals surface area contributed by atoms with E-state index < -0.39 is 16.1 Å². The number of carbonyl (C=O) groups is 1. The molecule has 0 unspecified atom stereocenters. The Hall–Kier alpha value is -2.89. The van der Waals surface area contributed by atoms with Crippen molar-refractivity contribution in [3.8, 4) is 11.8 Å². The molecule has 7 nitrogen and oxygen atoms in total. The zero-order chi connectivity index (χ0) is 19.3. The first-order valence-electron chi connectivity index (χ1n) is 7.74. The Morgan fingerprint density at radius 2 is 1.69 bits per heavy atom. The van der Waals surface area contributed by atoms with Crippen LogP contribution in [0.2, 0.25) is 0 Å². The van der Waals surface area contributed by atoms with Crippen molar-refractivity contribution in [3.63, 3.8) is 0 Å². The summed E-state index contributed by atoms with van der Waals surface area (Å²) >= 11 is 0.